The van der Waals surface area contributed by atoms with E-state index in [0.717, 1.165) is 50.9 Å². The lowest BCUT2D eigenvalue weighted by Gasteiger charge is -2.45. The number of benzene rings is 2. The zero-order valence-corrected chi connectivity index (χ0v) is 20.0. The van der Waals surface area contributed by atoms with Crippen molar-refractivity contribution in [1.29, 1.82) is 0 Å². The summed E-state index contributed by atoms with van der Waals surface area (Å²) in [5, 5.41) is 0. The first kappa shape index (κ1) is 23.3. The van der Waals surface area contributed by atoms with Gasteiger partial charge in [-0.25, -0.2) is 4.39 Å². The monoisotopic (exact) mass is 466 g/mol. The van der Waals surface area contributed by atoms with Gasteiger partial charge >= 0.3 is 0 Å². The van der Waals surface area contributed by atoms with Crippen LogP contribution in [0.4, 0.5) is 4.39 Å². The van der Waals surface area contributed by atoms with Crippen LogP contribution in [0.3, 0.4) is 0 Å². The van der Waals surface area contributed by atoms with Crippen molar-refractivity contribution in [1.82, 2.24) is 9.80 Å². The molecule has 3 heterocycles. The number of hydrogen-bond donors (Lipinski definition) is 0. The van der Waals surface area contributed by atoms with Crippen LogP contribution in [-0.2, 0) is 16.0 Å². The number of para-hydroxylation sites is 1. The van der Waals surface area contributed by atoms with Crippen molar-refractivity contribution in [2.75, 3.05) is 39.8 Å². The summed E-state index contributed by atoms with van der Waals surface area (Å²) in [6.07, 6.45) is 4.55. The van der Waals surface area contributed by atoms with E-state index in [1.54, 1.807) is 6.07 Å². The topological polar surface area (TPSA) is 42.0 Å². The smallest absolute Gasteiger partial charge is 0.229 e. The van der Waals surface area contributed by atoms with Gasteiger partial charge in [0.2, 0.25) is 5.91 Å². The molecule has 34 heavy (non-hydrogen) atoms. The van der Waals surface area contributed by atoms with Crippen molar-refractivity contribution in [3.05, 3.63) is 66.0 Å². The second-order valence-electron chi connectivity index (χ2n) is 10.4. The van der Waals surface area contributed by atoms with Gasteiger partial charge in [0.15, 0.2) is 0 Å². The predicted octanol–water partition coefficient (Wildman–Crippen LogP) is 4.31. The first-order chi connectivity index (χ1) is 16.5. The van der Waals surface area contributed by atoms with Gasteiger partial charge in [-0.15, -0.1) is 0 Å². The molecule has 5 nitrogen and oxygen atoms in total. The number of carbonyl (C=O) groups is 1. The van der Waals surface area contributed by atoms with Crippen molar-refractivity contribution in [2.24, 2.45) is 5.41 Å². The molecule has 3 saturated heterocycles. The van der Waals surface area contributed by atoms with Crippen LogP contribution in [0.1, 0.15) is 37.7 Å². The summed E-state index contributed by atoms with van der Waals surface area (Å²) in [5.74, 6) is 0.849. The van der Waals surface area contributed by atoms with Crippen LogP contribution in [0.25, 0.3) is 0 Å². The van der Waals surface area contributed by atoms with Crippen LogP contribution >= 0.6 is 0 Å². The van der Waals surface area contributed by atoms with E-state index in [-0.39, 0.29) is 23.4 Å². The van der Waals surface area contributed by atoms with Crippen LogP contribution in [0.5, 0.6) is 5.75 Å². The molecule has 0 saturated carbocycles. The number of hydrogen-bond acceptors (Lipinski definition) is 4. The highest BCUT2D eigenvalue weighted by Crippen LogP contribution is 2.41. The van der Waals surface area contributed by atoms with Crippen molar-refractivity contribution >= 4 is 5.91 Å². The SMILES string of the molecule is CN1CCC(Cc2ccccc2F)(C(=O)N2CCC3(CC2)C[C@H](Oc2ccccc2)CO3)CC1. The maximum atomic E-state index is 14.5. The van der Waals surface area contributed by atoms with Crippen molar-refractivity contribution in [3.63, 3.8) is 0 Å². The number of ether oxygens (including phenoxy) is 2. The minimum atomic E-state index is -0.533. The van der Waals surface area contributed by atoms with Gasteiger partial charge in [0, 0.05) is 19.5 Å². The highest BCUT2D eigenvalue weighted by atomic mass is 19.1. The molecule has 3 fully saturated rings. The summed E-state index contributed by atoms with van der Waals surface area (Å²) in [6, 6.07) is 16.8. The number of carbonyl (C=O) groups excluding carboxylic acids is 1. The fraction of sp³-hybridized carbons (Fsp3) is 0.536. The highest BCUT2D eigenvalue weighted by molar-refractivity contribution is 5.83. The molecular weight excluding hydrogens is 431 g/mol. The first-order valence-electron chi connectivity index (χ1n) is 12.5. The van der Waals surface area contributed by atoms with Gasteiger partial charge in [-0.3, -0.25) is 4.79 Å². The number of halogens is 1. The van der Waals surface area contributed by atoms with Crippen LogP contribution < -0.4 is 4.74 Å². The molecule has 5 rings (SSSR count). The number of piperidine rings is 2. The molecule has 3 aliphatic heterocycles. The second kappa shape index (κ2) is 9.67. The molecule has 2 aromatic carbocycles. The van der Waals surface area contributed by atoms with Crippen LogP contribution in [0.15, 0.2) is 54.6 Å². The van der Waals surface area contributed by atoms with Crippen LogP contribution in [0, 0.1) is 11.2 Å². The molecule has 0 radical (unpaired) electrons. The summed E-state index contributed by atoms with van der Waals surface area (Å²) >= 11 is 0. The van der Waals surface area contributed by atoms with E-state index in [2.05, 4.69) is 11.9 Å². The molecule has 0 N–H and O–H groups in total. The van der Waals surface area contributed by atoms with Gasteiger partial charge in [0.25, 0.3) is 0 Å². The van der Waals surface area contributed by atoms with Gasteiger partial charge in [-0.2, -0.15) is 0 Å². The molecular formula is C28H35FN2O3. The summed E-state index contributed by atoms with van der Waals surface area (Å²) in [7, 11) is 2.09. The lowest BCUT2D eigenvalue weighted by Crippen LogP contribution is -2.54. The van der Waals surface area contributed by atoms with Gasteiger partial charge < -0.3 is 19.3 Å². The van der Waals surface area contributed by atoms with E-state index in [4.69, 9.17) is 9.47 Å². The van der Waals surface area contributed by atoms with Gasteiger partial charge in [-0.1, -0.05) is 36.4 Å². The molecule has 0 aromatic heterocycles. The summed E-state index contributed by atoms with van der Waals surface area (Å²) < 4.78 is 26.9. The van der Waals surface area contributed by atoms with E-state index in [0.29, 0.717) is 31.7 Å². The Balaban J connectivity index is 1.24. The van der Waals surface area contributed by atoms with E-state index >= 15 is 0 Å². The molecule has 182 valence electrons. The molecule has 0 bridgehead atoms. The molecule has 2 aromatic rings. The minimum Gasteiger partial charge on any atom is -0.488 e. The molecule has 0 unspecified atom stereocenters. The number of nitrogens with zero attached hydrogens (tertiary/aromatic N) is 2. The van der Waals surface area contributed by atoms with Gasteiger partial charge in [0.05, 0.1) is 17.6 Å². The predicted molar refractivity (Wildman–Crippen MR) is 129 cm³/mol. The standard InChI is InChI=1S/C28H35FN2O3/c1-30-15-11-27(12-16-30,19-22-7-5-6-10-25(22)29)26(32)31-17-13-28(14-18-31)20-24(21-33-28)34-23-8-3-2-4-9-23/h2-10,24H,11-21H2,1H3/t24-/m0/s1. The average molecular weight is 467 g/mol. The third-order valence-electron chi connectivity index (χ3n) is 8.07. The summed E-state index contributed by atoms with van der Waals surface area (Å²) in [6.45, 7) is 3.68. The molecule has 3 aliphatic rings. The molecule has 6 heteroatoms. The third-order valence-corrected chi connectivity index (χ3v) is 8.07. The Morgan fingerprint density at radius 1 is 1.00 bits per heavy atom. The Morgan fingerprint density at radius 3 is 2.38 bits per heavy atom. The summed E-state index contributed by atoms with van der Waals surface area (Å²) in [5.41, 5.74) is -0.0925. The van der Waals surface area contributed by atoms with E-state index < -0.39 is 5.41 Å². The molecule has 1 amide bonds. The summed E-state index contributed by atoms with van der Waals surface area (Å²) in [4.78, 5) is 18.2. The number of amides is 1. The fourth-order valence-electron chi connectivity index (χ4n) is 5.89. The minimum absolute atomic E-state index is 0.0472. The molecule has 1 atom stereocenters. The fourth-order valence-corrected chi connectivity index (χ4v) is 5.89. The average Bonchev–Trinajstić information content (AvgIpc) is 3.24. The third kappa shape index (κ3) is 4.84. The molecule has 0 aliphatic carbocycles. The highest BCUT2D eigenvalue weighted by Gasteiger charge is 2.48. The largest absolute Gasteiger partial charge is 0.488 e. The Hall–Kier alpha value is -2.44. The van der Waals surface area contributed by atoms with Gasteiger partial charge in [0.1, 0.15) is 17.7 Å². The van der Waals surface area contributed by atoms with Crippen molar-refractivity contribution in [2.45, 2.75) is 50.2 Å². The maximum absolute atomic E-state index is 14.5. The maximum Gasteiger partial charge on any atom is 0.229 e. The number of rotatable bonds is 5. The Morgan fingerprint density at radius 2 is 1.68 bits per heavy atom. The van der Waals surface area contributed by atoms with Gasteiger partial charge in [-0.05, 0) is 76.0 Å². The Labute approximate surface area is 201 Å². The van der Waals surface area contributed by atoms with E-state index in [1.165, 1.54) is 6.07 Å². The Bertz CT molecular complexity index is 982. The molecule has 1 spiro atoms. The van der Waals surface area contributed by atoms with E-state index in [1.807, 2.05) is 47.4 Å². The zero-order chi connectivity index (χ0) is 23.6. The lowest BCUT2D eigenvalue weighted by molar-refractivity contribution is -0.149. The van der Waals surface area contributed by atoms with Crippen LogP contribution in [-0.4, -0.2) is 67.2 Å². The van der Waals surface area contributed by atoms with Crippen molar-refractivity contribution < 1.29 is 18.7 Å². The Kier molecular flexibility index (Phi) is 6.63. The van der Waals surface area contributed by atoms with Crippen LogP contribution in [0.2, 0.25) is 0 Å². The number of likely N-dealkylation sites (tertiary alicyclic amines) is 2. The zero-order valence-electron chi connectivity index (χ0n) is 20.0. The quantitative estimate of drug-likeness (QED) is 0.659. The van der Waals surface area contributed by atoms with E-state index in [9.17, 15) is 9.18 Å². The normalized spacial score (nSPS) is 24.3. The van der Waals surface area contributed by atoms with Crippen molar-refractivity contribution in [3.8, 4) is 5.75 Å². The first-order valence-corrected chi connectivity index (χ1v) is 12.5. The lowest BCUT2D eigenvalue weighted by atomic mass is 9.72. The second-order valence-corrected chi connectivity index (χ2v) is 10.4.